The maximum absolute atomic E-state index is 10.8. The Labute approximate surface area is 84.9 Å². The molecule has 1 aromatic carbocycles. The lowest BCUT2D eigenvalue weighted by atomic mass is 10.2. The Hall–Kier alpha value is -1.31. The summed E-state index contributed by atoms with van der Waals surface area (Å²) >= 11 is 0. The molecule has 0 aliphatic rings. The van der Waals surface area contributed by atoms with E-state index in [-0.39, 0.29) is 11.9 Å². The van der Waals surface area contributed by atoms with Crippen LogP contribution in [0.5, 0.6) is 5.75 Å². The van der Waals surface area contributed by atoms with E-state index in [1.54, 1.807) is 6.92 Å². The summed E-state index contributed by atoms with van der Waals surface area (Å²) < 4.78 is 5.59. The van der Waals surface area contributed by atoms with Crippen molar-refractivity contribution in [3.63, 3.8) is 0 Å². The number of rotatable bonds is 4. The molecule has 0 aliphatic carbocycles. The van der Waals surface area contributed by atoms with Crippen molar-refractivity contribution in [1.29, 1.82) is 0 Å². The van der Waals surface area contributed by atoms with Crippen molar-refractivity contribution >= 4 is 5.78 Å². The summed E-state index contributed by atoms with van der Waals surface area (Å²) in [6.45, 7) is 5.50. The quantitative estimate of drug-likeness (QED) is 0.733. The smallest absolute Gasteiger partial charge is 0.133 e. The van der Waals surface area contributed by atoms with Crippen LogP contribution in [0, 0.1) is 6.92 Å². The van der Waals surface area contributed by atoms with Crippen LogP contribution in [-0.4, -0.2) is 11.9 Å². The van der Waals surface area contributed by atoms with Crippen LogP contribution in [0.4, 0.5) is 0 Å². The van der Waals surface area contributed by atoms with Gasteiger partial charge in [-0.15, -0.1) is 0 Å². The number of carbonyl (C=O) groups excluding carboxylic acids is 1. The number of ketones is 1. The van der Waals surface area contributed by atoms with Gasteiger partial charge in [-0.05, 0) is 38.5 Å². The summed E-state index contributed by atoms with van der Waals surface area (Å²) in [4.78, 5) is 10.8. The summed E-state index contributed by atoms with van der Waals surface area (Å²) in [7, 11) is 0. The van der Waals surface area contributed by atoms with Gasteiger partial charge >= 0.3 is 0 Å². The first-order chi connectivity index (χ1) is 6.58. The van der Waals surface area contributed by atoms with Crippen molar-refractivity contribution in [2.24, 2.45) is 0 Å². The van der Waals surface area contributed by atoms with Crippen molar-refractivity contribution in [3.8, 4) is 5.75 Å². The Morgan fingerprint density at radius 2 is 2.21 bits per heavy atom. The third-order valence-corrected chi connectivity index (χ3v) is 1.90. The summed E-state index contributed by atoms with van der Waals surface area (Å²) in [5.41, 5.74) is 1.16. The van der Waals surface area contributed by atoms with Gasteiger partial charge < -0.3 is 4.74 Å². The van der Waals surface area contributed by atoms with Gasteiger partial charge in [0.05, 0.1) is 0 Å². The average Bonchev–Trinajstić information content (AvgIpc) is 2.01. The number of benzene rings is 1. The molecular weight excluding hydrogens is 176 g/mol. The van der Waals surface area contributed by atoms with E-state index in [4.69, 9.17) is 4.74 Å². The van der Waals surface area contributed by atoms with Crippen LogP contribution in [0.2, 0.25) is 0 Å². The van der Waals surface area contributed by atoms with Gasteiger partial charge in [-0.2, -0.15) is 0 Å². The van der Waals surface area contributed by atoms with Gasteiger partial charge in [0.2, 0.25) is 0 Å². The normalized spacial score (nSPS) is 12.2. The second kappa shape index (κ2) is 4.80. The highest BCUT2D eigenvalue weighted by Crippen LogP contribution is 2.15. The molecule has 0 saturated heterocycles. The van der Waals surface area contributed by atoms with E-state index in [1.165, 1.54) is 0 Å². The molecule has 0 spiro atoms. The van der Waals surface area contributed by atoms with Crippen molar-refractivity contribution < 1.29 is 9.53 Å². The lowest BCUT2D eigenvalue weighted by Crippen LogP contribution is -2.15. The zero-order valence-electron chi connectivity index (χ0n) is 8.91. The lowest BCUT2D eigenvalue weighted by molar-refractivity contribution is -0.118. The van der Waals surface area contributed by atoms with Crippen LogP contribution < -0.4 is 4.74 Å². The zero-order chi connectivity index (χ0) is 10.6. The van der Waals surface area contributed by atoms with Crippen molar-refractivity contribution in [2.45, 2.75) is 33.3 Å². The number of Topliss-reactive ketones (excluding diaryl/α,β-unsaturated/α-hetero) is 1. The number of hydrogen-bond donors (Lipinski definition) is 0. The largest absolute Gasteiger partial charge is 0.490 e. The van der Waals surface area contributed by atoms with E-state index in [2.05, 4.69) is 0 Å². The molecule has 1 unspecified atom stereocenters. The number of hydrogen-bond acceptors (Lipinski definition) is 2. The molecule has 2 nitrogen and oxygen atoms in total. The minimum atomic E-state index is -0.0469. The molecule has 76 valence electrons. The van der Waals surface area contributed by atoms with Crippen LogP contribution in [0.15, 0.2) is 24.3 Å². The molecular formula is C12H16O2. The van der Waals surface area contributed by atoms with Crippen LogP contribution >= 0.6 is 0 Å². The highest BCUT2D eigenvalue weighted by Gasteiger charge is 2.06. The summed E-state index contributed by atoms with van der Waals surface area (Å²) in [6.07, 6.45) is 0.419. The molecule has 0 aliphatic heterocycles. The molecule has 0 heterocycles. The molecule has 1 rings (SSSR count). The fourth-order valence-electron chi connectivity index (χ4n) is 1.37. The molecule has 0 radical (unpaired) electrons. The van der Waals surface area contributed by atoms with Crippen molar-refractivity contribution in [2.75, 3.05) is 0 Å². The maximum atomic E-state index is 10.8. The number of carbonyl (C=O) groups is 1. The van der Waals surface area contributed by atoms with E-state index in [9.17, 15) is 4.79 Å². The Morgan fingerprint density at radius 1 is 1.50 bits per heavy atom. The zero-order valence-corrected chi connectivity index (χ0v) is 8.91. The van der Waals surface area contributed by atoms with Crippen molar-refractivity contribution in [3.05, 3.63) is 29.8 Å². The summed E-state index contributed by atoms with van der Waals surface area (Å²) in [6, 6.07) is 7.84. The monoisotopic (exact) mass is 192 g/mol. The fourth-order valence-corrected chi connectivity index (χ4v) is 1.37. The van der Waals surface area contributed by atoms with E-state index in [0.29, 0.717) is 6.42 Å². The molecule has 0 amide bonds. The Kier molecular flexibility index (Phi) is 3.69. The number of aryl methyl sites for hydroxylation is 1. The summed E-state index contributed by atoms with van der Waals surface area (Å²) in [5, 5.41) is 0. The van der Waals surface area contributed by atoms with Gasteiger partial charge in [-0.3, -0.25) is 4.79 Å². The first-order valence-electron chi connectivity index (χ1n) is 4.80. The predicted octanol–water partition coefficient (Wildman–Crippen LogP) is 2.74. The molecule has 0 bridgehead atoms. The Morgan fingerprint density at radius 3 is 2.79 bits per heavy atom. The van der Waals surface area contributed by atoms with E-state index >= 15 is 0 Å². The van der Waals surface area contributed by atoms with E-state index in [0.717, 1.165) is 11.3 Å². The molecule has 1 atom stereocenters. The predicted molar refractivity (Wildman–Crippen MR) is 56.6 cm³/mol. The molecule has 0 fully saturated rings. The third-order valence-electron chi connectivity index (χ3n) is 1.90. The SMILES string of the molecule is CC(=O)CC(C)Oc1cccc(C)c1. The van der Waals surface area contributed by atoms with E-state index < -0.39 is 0 Å². The fraction of sp³-hybridized carbons (Fsp3) is 0.417. The van der Waals surface area contributed by atoms with Gasteiger partial charge in [0, 0.05) is 6.42 Å². The number of ether oxygens (including phenoxy) is 1. The van der Waals surface area contributed by atoms with E-state index in [1.807, 2.05) is 38.1 Å². The van der Waals surface area contributed by atoms with Gasteiger partial charge in [0.25, 0.3) is 0 Å². The molecule has 1 aromatic rings. The van der Waals surface area contributed by atoms with Crippen LogP contribution in [0.1, 0.15) is 25.8 Å². The third kappa shape index (κ3) is 3.60. The highest BCUT2D eigenvalue weighted by molar-refractivity contribution is 5.75. The average molecular weight is 192 g/mol. The van der Waals surface area contributed by atoms with Gasteiger partial charge in [-0.25, -0.2) is 0 Å². The molecule has 0 N–H and O–H groups in total. The standard InChI is InChI=1S/C12H16O2/c1-9-5-4-6-12(7-9)14-11(3)8-10(2)13/h4-7,11H,8H2,1-3H3. The lowest BCUT2D eigenvalue weighted by Gasteiger charge is -2.13. The van der Waals surface area contributed by atoms with Crippen molar-refractivity contribution in [1.82, 2.24) is 0 Å². The minimum Gasteiger partial charge on any atom is -0.490 e. The topological polar surface area (TPSA) is 26.3 Å². The Balaban J connectivity index is 2.55. The first kappa shape index (κ1) is 10.8. The highest BCUT2D eigenvalue weighted by atomic mass is 16.5. The molecule has 0 saturated carbocycles. The van der Waals surface area contributed by atoms with Crippen LogP contribution in [-0.2, 0) is 4.79 Å². The minimum absolute atomic E-state index is 0.0469. The maximum Gasteiger partial charge on any atom is 0.133 e. The van der Waals surface area contributed by atoms with Crippen LogP contribution in [0.25, 0.3) is 0 Å². The van der Waals surface area contributed by atoms with Gasteiger partial charge in [-0.1, -0.05) is 12.1 Å². The second-order valence-corrected chi connectivity index (χ2v) is 3.65. The van der Waals surface area contributed by atoms with Crippen LogP contribution in [0.3, 0.4) is 0 Å². The second-order valence-electron chi connectivity index (χ2n) is 3.65. The Bertz CT molecular complexity index is 318. The molecule has 2 heteroatoms. The molecule has 14 heavy (non-hydrogen) atoms. The van der Waals surface area contributed by atoms with Gasteiger partial charge in [0.1, 0.15) is 17.6 Å². The van der Waals surface area contributed by atoms with Gasteiger partial charge in [0.15, 0.2) is 0 Å². The molecule has 0 aromatic heterocycles. The summed E-state index contributed by atoms with van der Waals surface area (Å²) in [5.74, 6) is 0.990. The first-order valence-corrected chi connectivity index (χ1v) is 4.80.